The predicted octanol–water partition coefficient (Wildman–Crippen LogP) is 4.64. The maximum atomic E-state index is 5.85. The van der Waals surface area contributed by atoms with Crippen molar-refractivity contribution in [2.45, 2.75) is 45.2 Å². The van der Waals surface area contributed by atoms with Crippen molar-refractivity contribution in [1.29, 1.82) is 0 Å². The fourth-order valence-electron chi connectivity index (χ4n) is 3.90. The highest BCUT2D eigenvalue weighted by molar-refractivity contribution is 5.56. The smallest absolute Gasteiger partial charge is 0.229 e. The second-order valence-electron chi connectivity index (χ2n) is 8.67. The average Bonchev–Trinajstić information content (AvgIpc) is 3.29. The standard InChI is InChI=1S/C25H29N7O2/c1-17(2)22-16-28-32-23(22)30-24(29-19-9-13-33-14-10-19)31-25(32)27-15-18-3-5-20(6-4-18)34-21-7-11-26-12-8-21/h3-8,11-12,16-17,19H,9-10,13-15H2,1-2H3,(H2,27,29,30,31). The minimum absolute atomic E-state index is 0.308. The average molecular weight is 460 g/mol. The van der Waals surface area contributed by atoms with E-state index in [1.165, 1.54) is 0 Å². The van der Waals surface area contributed by atoms with Crippen LogP contribution < -0.4 is 15.4 Å². The SMILES string of the molecule is CC(C)c1cnn2c(NCc3ccc(Oc4ccncc4)cc3)nc(NC3CCOCC3)nc12. The van der Waals surface area contributed by atoms with Crippen molar-refractivity contribution in [3.63, 3.8) is 0 Å². The van der Waals surface area contributed by atoms with E-state index in [-0.39, 0.29) is 0 Å². The van der Waals surface area contributed by atoms with Gasteiger partial charge < -0.3 is 20.1 Å². The fourth-order valence-corrected chi connectivity index (χ4v) is 3.90. The van der Waals surface area contributed by atoms with Crippen LogP contribution in [-0.2, 0) is 11.3 Å². The molecule has 0 radical (unpaired) electrons. The maximum Gasteiger partial charge on any atom is 0.229 e. The van der Waals surface area contributed by atoms with Crippen LogP contribution in [0.15, 0.2) is 55.0 Å². The van der Waals surface area contributed by atoms with Crippen LogP contribution in [0.3, 0.4) is 0 Å². The van der Waals surface area contributed by atoms with Crippen molar-refractivity contribution in [3.8, 4) is 11.5 Å². The molecule has 1 aromatic carbocycles. The van der Waals surface area contributed by atoms with E-state index < -0.39 is 0 Å². The number of pyridine rings is 1. The van der Waals surface area contributed by atoms with E-state index in [0.717, 1.165) is 54.3 Å². The predicted molar refractivity (Wildman–Crippen MR) is 130 cm³/mol. The molecule has 0 unspecified atom stereocenters. The monoisotopic (exact) mass is 459 g/mol. The molecule has 0 spiro atoms. The second-order valence-corrected chi connectivity index (χ2v) is 8.67. The Labute approximate surface area is 198 Å². The van der Waals surface area contributed by atoms with Gasteiger partial charge in [0.25, 0.3) is 0 Å². The van der Waals surface area contributed by atoms with Crippen LogP contribution in [-0.4, -0.2) is 43.8 Å². The van der Waals surface area contributed by atoms with Crippen LogP contribution >= 0.6 is 0 Å². The summed E-state index contributed by atoms with van der Waals surface area (Å²) in [6, 6.07) is 11.9. The Morgan fingerprint density at radius 3 is 2.50 bits per heavy atom. The molecule has 3 aromatic heterocycles. The van der Waals surface area contributed by atoms with Gasteiger partial charge in [0.05, 0.1) is 6.20 Å². The first-order valence-electron chi connectivity index (χ1n) is 11.7. The number of anilines is 2. The molecular weight excluding hydrogens is 430 g/mol. The number of nitrogens with one attached hydrogen (secondary N) is 2. The highest BCUT2D eigenvalue weighted by atomic mass is 16.5. The summed E-state index contributed by atoms with van der Waals surface area (Å²) in [5.41, 5.74) is 3.02. The van der Waals surface area contributed by atoms with Crippen LogP contribution in [0.4, 0.5) is 11.9 Å². The van der Waals surface area contributed by atoms with Gasteiger partial charge in [-0.1, -0.05) is 26.0 Å². The first kappa shape index (κ1) is 22.1. The van der Waals surface area contributed by atoms with E-state index in [1.54, 1.807) is 16.9 Å². The zero-order chi connectivity index (χ0) is 23.3. The van der Waals surface area contributed by atoms with Crippen molar-refractivity contribution in [2.75, 3.05) is 23.8 Å². The van der Waals surface area contributed by atoms with Crippen LogP contribution in [0, 0.1) is 0 Å². The van der Waals surface area contributed by atoms with E-state index in [4.69, 9.17) is 19.4 Å². The summed E-state index contributed by atoms with van der Waals surface area (Å²) in [7, 11) is 0. The van der Waals surface area contributed by atoms with E-state index >= 15 is 0 Å². The number of fused-ring (bicyclic) bond motifs is 1. The number of hydrogen-bond acceptors (Lipinski definition) is 8. The number of benzene rings is 1. The summed E-state index contributed by atoms with van der Waals surface area (Å²) in [5.74, 6) is 3.11. The van der Waals surface area contributed by atoms with Gasteiger partial charge in [-0.2, -0.15) is 19.6 Å². The molecule has 0 saturated carbocycles. The maximum absolute atomic E-state index is 5.85. The molecule has 34 heavy (non-hydrogen) atoms. The lowest BCUT2D eigenvalue weighted by Gasteiger charge is -2.23. The summed E-state index contributed by atoms with van der Waals surface area (Å²) in [6.45, 7) is 6.40. The first-order chi connectivity index (χ1) is 16.7. The molecule has 4 aromatic rings. The molecular formula is C25H29N7O2. The Bertz CT molecular complexity index is 1220. The summed E-state index contributed by atoms with van der Waals surface area (Å²) < 4.78 is 13.1. The van der Waals surface area contributed by atoms with Gasteiger partial charge in [0.2, 0.25) is 11.9 Å². The Morgan fingerprint density at radius 1 is 1.03 bits per heavy atom. The summed E-state index contributed by atoms with van der Waals surface area (Å²) in [5, 5.41) is 11.5. The van der Waals surface area contributed by atoms with E-state index in [2.05, 4.69) is 34.6 Å². The van der Waals surface area contributed by atoms with Crippen molar-refractivity contribution in [3.05, 3.63) is 66.1 Å². The summed E-state index contributed by atoms with van der Waals surface area (Å²) in [4.78, 5) is 13.6. The van der Waals surface area contributed by atoms with Gasteiger partial charge in [-0.15, -0.1) is 0 Å². The van der Waals surface area contributed by atoms with Crippen LogP contribution in [0.1, 0.15) is 43.7 Å². The van der Waals surface area contributed by atoms with Gasteiger partial charge in [-0.25, -0.2) is 0 Å². The lowest BCUT2D eigenvalue weighted by molar-refractivity contribution is 0.0903. The summed E-state index contributed by atoms with van der Waals surface area (Å²) in [6.07, 6.45) is 7.19. The second kappa shape index (κ2) is 10.0. The van der Waals surface area contributed by atoms with E-state index in [9.17, 15) is 0 Å². The van der Waals surface area contributed by atoms with Gasteiger partial charge in [0.1, 0.15) is 11.5 Å². The molecule has 4 heterocycles. The Kier molecular flexibility index (Phi) is 6.53. The van der Waals surface area contributed by atoms with Crippen molar-refractivity contribution in [2.24, 2.45) is 0 Å². The van der Waals surface area contributed by atoms with Gasteiger partial charge in [-0.3, -0.25) is 4.98 Å². The molecule has 1 saturated heterocycles. The molecule has 1 aliphatic heterocycles. The number of ether oxygens (including phenoxy) is 2. The van der Waals surface area contributed by atoms with Crippen molar-refractivity contribution >= 4 is 17.5 Å². The van der Waals surface area contributed by atoms with Gasteiger partial charge >= 0.3 is 0 Å². The Morgan fingerprint density at radius 2 is 1.76 bits per heavy atom. The highest BCUT2D eigenvalue weighted by Crippen LogP contribution is 2.24. The lowest BCUT2D eigenvalue weighted by Crippen LogP contribution is -2.29. The largest absolute Gasteiger partial charge is 0.457 e. The lowest BCUT2D eigenvalue weighted by atomic mass is 10.1. The number of hydrogen-bond donors (Lipinski definition) is 2. The Balaban J connectivity index is 1.33. The zero-order valence-electron chi connectivity index (χ0n) is 19.4. The molecule has 0 amide bonds. The molecule has 176 valence electrons. The molecule has 5 rings (SSSR count). The minimum Gasteiger partial charge on any atom is -0.457 e. The van der Waals surface area contributed by atoms with Gasteiger partial charge in [0.15, 0.2) is 5.65 Å². The molecule has 9 nitrogen and oxygen atoms in total. The number of aromatic nitrogens is 5. The third-order valence-corrected chi connectivity index (χ3v) is 5.83. The van der Waals surface area contributed by atoms with Gasteiger partial charge in [0, 0.05) is 43.8 Å². The molecule has 1 aliphatic rings. The minimum atomic E-state index is 0.308. The quantitative estimate of drug-likeness (QED) is 0.393. The normalized spacial score (nSPS) is 14.4. The third-order valence-electron chi connectivity index (χ3n) is 5.83. The summed E-state index contributed by atoms with van der Waals surface area (Å²) >= 11 is 0. The molecule has 0 bridgehead atoms. The van der Waals surface area contributed by atoms with E-state index in [1.807, 2.05) is 42.6 Å². The zero-order valence-corrected chi connectivity index (χ0v) is 19.4. The molecule has 1 fully saturated rings. The first-order valence-corrected chi connectivity index (χ1v) is 11.7. The van der Waals surface area contributed by atoms with Crippen LogP contribution in [0.5, 0.6) is 11.5 Å². The number of nitrogens with zero attached hydrogens (tertiary/aromatic N) is 5. The Hall–Kier alpha value is -3.72. The fraction of sp³-hybridized carbons (Fsp3) is 0.360. The van der Waals surface area contributed by atoms with Crippen molar-refractivity contribution in [1.82, 2.24) is 24.6 Å². The topological polar surface area (TPSA) is 98.5 Å². The molecule has 9 heteroatoms. The number of rotatable bonds is 8. The third kappa shape index (κ3) is 5.09. The van der Waals surface area contributed by atoms with Gasteiger partial charge in [-0.05, 0) is 48.6 Å². The molecule has 2 N–H and O–H groups in total. The van der Waals surface area contributed by atoms with Crippen LogP contribution in [0.2, 0.25) is 0 Å². The van der Waals surface area contributed by atoms with E-state index in [0.29, 0.717) is 30.4 Å². The highest BCUT2D eigenvalue weighted by Gasteiger charge is 2.19. The molecule has 0 atom stereocenters. The molecule has 0 aliphatic carbocycles. The van der Waals surface area contributed by atoms with Crippen molar-refractivity contribution < 1.29 is 9.47 Å². The van der Waals surface area contributed by atoms with Crippen LogP contribution in [0.25, 0.3) is 5.65 Å².